The summed E-state index contributed by atoms with van der Waals surface area (Å²) in [6, 6.07) is 0. The summed E-state index contributed by atoms with van der Waals surface area (Å²) in [4.78, 5) is 31.6. The van der Waals surface area contributed by atoms with Crippen molar-refractivity contribution in [3.05, 3.63) is 20.8 Å². The van der Waals surface area contributed by atoms with Gasteiger partial charge in [-0.3, -0.25) is 14.2 Å². The Balaban J connectivity index is 2.14. The summed E-state index contributed by atoms with van der Waals surface area (Å²) < 4.78 is 6.83. The van der Waals surface area contributed by atoms with Gasteiger partial charge in [-0.2, -0.15) is 0 Å². The topological polar surface area (TPSA) is 61.2 Å². The number of carbonyl (C=O) groups is 1. The van der Waals surface area contributed by atoms with Gasteiger partial charge < -0.3 is 4.74 Å². The fourth-order valence-corrected chi connectivity index (χ4v) is 5.17. The van der Waals surface area contributed by atoms with Gasteiger partial charge in [-0.1, -0.05) is 11.8 Å². The Kier molecular flexibility index (Phi) is 5.42. The number of aromatic nitrogens is 2. The van der Waals surface area contributed by atoms with Crippen LogP contribution >= 0.6 is 23.1 Å². The zero-order valence-corrected chi connectivity index (χ0v) is 15.9. The van der Waals surface area contributed by atoms with Crippen LogP contribution < -0.4 is 5.56 Å². The summed E-state index contributed by atoms with van der Waals surface area (Å²) in [5.74, 6) is 0.0816. The van der Waals surface area contributed by atoms with Gasteiger partial charge in [-0.25, -0.2) is 4.98 Å². The van der Waals surface area contributed by atoms with E-state index < -0.39 is 0 Å². The Labute approximate surface area is 149 Å². The molecule has 1 atom stereocenters. The van der Waals surface area contributed by atoms with Gasteiger partial charge in [0, 0.05) is 12.0 Å². The van der Waals surface area contributed by atoms with Crippen LogP contribution in [0.1, 0.15) is 37.1 Å². The molecule has 0 radical (unpaired) electrons. The van der Waals surface area contributed by atoms with Gasteiger partial charge in [0.15, 0.2) is 5.16 Å². The molecular weight excluding hydrogens is 344 g/mol. The van der Waals surface area contributed by atoms with Crippen molar-refractivity contribution >= 4 is 39.1 Å². The lowest BCUT2D eigenvalue weighted by Gasteiger charge is -2.14. The standard InChI is InChI=1S/C17H22N2O3S2/c1-10(20)11(2)23-17-18-15-14(16(21)19(17)8-9-22-3)12-6-4-5-7-13(12)24-15/h11H,4-9H2,1-3H3. The highest BCUT2D eigenvalue weighted by Gasteiger charge is 2.23. The van der Waals surface area contributed by atoms with Crippen molar-refractivity contribution in [1.29, 1.82) is 0 Å². The fraction of sp³-hybridized carbons (Fsp3) is 0.588. The van der Waals surface area contributed by atoms with Gasteiger partial charge in [-0.15, -0.1) is 11.3 Å². The van der Waals surface area contributed by atoms with Crippen LogP contribution in [0.4, 0.5) is 0 Å². The number of rotatable bonds is 6. The third kappa shape index (κ3) is 3.30. The van der Waals surface area contributed by atoms with Crippen molar-refractivity contribution in [2.24, 2.45) is 0 Å². The van der Waals surface area contributed by atoms with Crippen LogP contribution in [0.2, 0.25) is 0 Å². The van der Waals surface area contributed by atoms with Crippen molar-refractivity contribution in [2.75, 3.05) is 13.7 Å². The number of fused-ring (bicyclic) bond motifs is 3. The van der Waals surface area contributed by atoms with Crippen molar-refractivity contribution in [1.82, 2.24) is 9.55 Å². The molecule has 24 heavy (non-hydrogen) atoms. The average Bonchev–Trinajstić information content (AvgIpc) is 2.92. The first-order valence-electron chi connectivity index (χ1n) is 8.24. The molecular formula is C17H22N2O3S2. The lowest BCUT2D eigenvalue weighted by molar-refractivity contribution is -0.116. The van der Waals surface area contributed by atoms with E-state index in [2.05, 4.69) is 0 Å². The number of nitrogens with zero attached hydrogens (tertiary/aromatic N) is 2. The van der Waals surface area contributed by atoms with Crippen LogP contribution in [0, 0.1) is 0 Å². The molecule has 0 N–H and O–H groups in total. The number of aryl methyl sites for hydroxylation is 2. The number of hydrogen-bond acceptors (Lipinski definition) is 6. The number of thioether (sulfide) groups is 1. The van der Waals surface area contributed by atoms with E-state index >= 15 is 0 Å². The Bertz CT molecular complexity index is 825. The molecule has 1 unspecified atom stereocenters. The summed E-state index contributed by atoms with van der Waals surface area (Å²) in [5, 5.41) is 1.18. The minimum atomic E-state index is -0.224. The second-order valence-corrected chi connectivity index (χ2v) is 8.50. The average molecular weight is 367 g/mol. The molecule has 1 aliphatic rings. The largest absolute Gasteiger partial charge is 0.383 e. The van der Waals surface area contributed by atoms with E-state index in [1.165, 1.54) is 28.6 Å². The lowest BCUT2D eigenvalue weighted by atomic mass is 9.97. The summed E-state index contributed by atoms with van der Waals surface area (Å²) in [6.07, 6.45) is 4.32. The smallest absolute Gasteiger partial charge is 0.263 e. The van der Waals surface area contributed by atoms with Crippen LogP contribution in [0.25, 0.3) is 10.2 Å². The summed E-state index contributed by atoms with van der Waals surface area (Å²) >= 11 is 3.00. The minimum Gasteiger partial charge on any atom is -0.383 e. The number of carbonyl (C=O) groups excluding carboxylic acids is 1. The second-order valence-electron chi connectivity index (χ2n) is 6.11. The Morgan fingerprint density at radius 3 is 2.88 bits per heavy atom. The highest BCUT2D eigenvalue weighted by molar-refractivity contribution is 8.00. The van der Waals surface area contributed by atoms with Crippen molar-refractivity contribution in [3.8, 4) is 0 Å². The van der Waals surface area contributed by atoms with Gasteiger partial charge in [0.2, 0.25) is 0 Å². The Morgan fingerprint density at radius 1 is 1.42 bits per heavy atom. The van der Waals surface area contributed by atoms with Crippen molar-refractivity contribution in [3.63, 3.8) is 0 Å². The molecule has 0 saturated heterocycles. The maximum atomic E-state index is 13.1. The van der Waals surface area contributed by atoms with Crippen molar-refractivity contribution < 1.29 is 9.53 Å². The molecule has 2 aromatic heterocycles. The molecule has 0 bridgehead atoms. The van der Waals surface area contributed by atoms with Crippen molar-refractivity contribution in [2.45, 2.75) is 56.5 Å². The summed E-state index contributed by atoms with van der Waals surface area (Å²) in [7, 11) is 1.62. The predicted molar refractivity (Wildman–Crippen MR) is 98.4 cm³/mol. The van der Waals surface area contributed by atoms with E-state index in [4.69, 9.17) is 9.72 Å². The predicted octanol–water partition coefficient (Wildman–Crippen LogP) is 3.05. The third-order valence-corrected chi connectivity index (χ3v) is 6.81. The number of ketones is 1. The van der Waals surface area contributed by atoms with Crippen LogP contribution in [0.5, 0.6) is 0 Å². The molecule has 1 aliphatic carbocycles. The van der Waals surface area contributed by atoms with Crippen LogP contribution in [0.15, 0.2) is 9.95 Å². The molecule has 0 aromatic carbocycles. The SMILES string of the molecule is COCCn1c(SC(C)C(C)=O)nc2sc3c(c2c1=O)CCCC3. The van der Waals surface area contributed by atoms with Crippen LogP contribution in [-0.4, -0.2) is 34.3 Å². The Hall–Kier alpha value is -1.18. The molecule has 7 heteroatoms. The lowest BCUT2D eigenvalue weighted by Crippen LogP contribution is -2.26. The maximum absolute atomic E-state index is 13.1. The van der Waals surface area contributed by atoms with Crippen LogP contribution in [-0.2, 0) is 28.9 Å². The molecule has 0 aliphatic heterocycles. The zero-order valence-electron chi connectivity index (χ0n) is 14.3. The monoisotopic (exact) mass is 366 g/mol. The molecule has 2 heterocycles. The Morgan fingerprint density at radius 2 is 2.17 bits per heavy atom. The molecule has 130 valence electrons. The summed E-state index contributed by atoms with van der Waals surface area (Å²) in [5.41, 5.74) is 1.20. The highest BCUT2D eigenvalue weighted by atomic mass is 32.2. The van der Waals surface area contributed by atoms with Gasteiger partial charge in [0.25, 0.3) is 5.56 Å². The van der Waals surface area contributed by atoms with Gasteiger partial charge in [-0.05, 0) is 45.1 Å². The normalized spacial score (nSPS) is 15.5. The van der Waals surface area contributed by atoms with E-state index in [0.29, 0.717) is 18.3 Å². The first-order valence-corrected chi connectivity index (χ1v) is 9.93. The van der Waals surface area contributed by atoms with Gasteiger partial charge >= 0.3 is 0 Å². The molecule has 3 rings (SSSR count). The fourth-order valence-electron chi connectivity index (χ4n) is 2.93. The zero-order chi connectivity index (χ0) is 17.3. The molecule has 0 amide bonds. The highest BCUT2D eigenvalue weighted by Crippen LogP contribution is 2.35. The molecule has 0 saturated carbocycles. The van der Waals surface area contributed by atoms with E-state index in [0.717, 1.165) is 29.5 Å². The first-order chi connectivity index (χ1) is 11.5. The summed E-state index contributed by atoms with van der Waals surface area (Å²) in [6.45, 7) is 4.32. The molecule has 0 spiro atoms. The number of hydrogen-bond donors (Lipinski definition) is 0. The van der Waals surface area contributed by atoms with E-state index in [1.807, 2.05) is 6.92 Å². The second kappa shape index (κ2) is 7.37. The molecule has 5 nitrogen and oxygen atoms in total. The number of Topliss-reactive ketones (excluding diaryl/α,β-unsaturated/α-hetero) is 1. The number of methoxy groups -OCH3 is 1. The van der Waals surface area contributed by atoms with Crippen LogP contribution in [0.3, 0.4) is 0 Å². The minimum absolute atomic E-state index is 0.00898. The maximum Gasteiger partial charge on any atom is 0.263 e. The van der Waals surface area contributed by atoms with E-state index in [1.54, 1.807) is 29.9 Å². The molecule has 0 fully saturated rings. The first kappa shape index (κ1) is 17.6. The van der Waals surface area contributed by atoms with Gasteiger partial charge in [0.1, 0.15) is 10.6 Å². The third-order valence-electron chi connectivity index (χ3n) is 4.41. The number of ether oxygens (including phenoxy) is 1. The van der Waals surface area contributed by atoms with E-state index in [9.17, 15) is 9.59 Å². The quantitative estimate of drug-likeness (QED) is 0.581. The van der Waals surface area contributed by atoms with Gasteiger partial charge in [0.05, 0.1) is 23.8 Å². The van der Waals surface area contributed by atoms with E-state index in [-0.39, 0.29) is 16.6 Å². The molecule has 2 aromatic rings. The number of thiophene rings is 1.